The maximum Gasteiger partial charge on any atom is 0.0652 e. The van der Waals surface area contributed by atoms with Crippen LogP contribution in [0, 0.1) is 71.0 Å². The van der Waals surface area contributed by atoms with E-state index in [1.807, 2.05) is 0 Å². The molecular weight excluding hydrogens is 711 g/mol. The Hall–Kier alpha value is 0.270. The van der Waals surface area contributed by atoms with Gasteiger partial charge in [0.15, 0.2) is 0 Å². The Morgan fingerprint density at radius 2 is 0.719 bits per heavy atom. The van der Waals surface area contributed by atoms with Crippen molar-refractivity contribution in [3.05, 3.63) is 0 Å². The van der Waals surface area contributed by atoms with E-state index in [0.717, 1.165) is 99.6 Å². The minimum atomic E-state index is 0.625. The highest BCUT2D eigenvalue weighted by atomic mass is 32.2. The predicted molar refractivity (Wildman–Crippen MR) is 241 cm³/mol. The Labute approximate surface area is 356 Å². The number of thioether (sulfide) groups is 1. The van der Waals surface area contributed by atoms with E-state index < -0.39 is 0 Å². The number of nitrogens with zero attached hydrogens (tertiary/aromatic N) is 1. The Bertz CT molecular complexity index is 1270. The fraction of sp³-hybridized carbons (Fsp3) is 1.00. The third kappa shape index (κ3) is 8.07. The first-order chi connectivity index (χ1) is 28.3. The van der Waals surface area contributed by atoms with E-state index in [1.165, 1.54) is 122 Å². The molecule has 11 rings (SSSR count). The second-order valence-electron chi connectivity index (χ2n) is 23.9. The van der Waals surface area contributed by atoms with E-state index in [9.17, 15) is 0 Å². The van der Waals surface area contributed by atoms with Gasteiger partial charge in [-0.05, 0) is 194 Å². The predicted octanol–water partition coefficient (Wildman–Crippen LogP) is 14.8. The summed E-state index contributed by atoms with van der Waals surface area (Å²) >= 11 is 2.45. The fourth-order valence-corrected chi connectivity index (χ4v) is 21.1. The molecule has 2 aliphatic heterocycles. The minimum absolute atomic E-state index is 0.625. The first kappa shape index (κ1) is 40.1. The molecule has 0 bridgehead atoms. The second-order valence-corrected chi connectivity index (χ2v) is 25.3. The van der Waals surface area contributed by atoms with Crippen LogP contribution in [0.2, 0.25) is 0 Å². The van der Waals surface area contributed by atoms with E-state index in [2.05, 4.69) is 16.7 Å². The van der Waals surface area contributed by atoms with E-state index >= 15 is 0 Å². The summed E-state index contributed by atoms with van der Waals surface area (Å²) in [6.07, 6.45) is 55.1. The summed E-state index contributed by atoms with van der Waals surface area (Å²) in [6, 6.07) is 2.69. The fourth-order valence-electron chi connectivity index (χ4n) is 19.0. The summed E-state index contributed by atoms with van der Waals surface area (Å²) in [7, 11) is 0. The molecule has 11 fully saturated rings. The molecule has 0 aromatic rings. The molecule has 57 heavy (non-hydrogen) atoms. The molecule has 0 radical (unpaired) electrons. The molecule has 2 saturated heterocycles. The van der Waals surface area contributed by atoms with Crippen LogP contribution >= 0.6 is 11.8 Å². The van der Waals surface area contributed by atoms with E-state index in [0.29, 0.717) is 12.2 Å². The van der Waals surface area contributed by atoms with Crippen molar-refractivity contribution < 1.29 is 4.74 Å². The lowest BCUT2D eigenvalue weighted by Gasteiger charge is -2.52. The highest BCUT2D eigenvalue weighted by molar-refractivity contribution is 8.00. The van der Waals surface area contributed by atoms with E-state index in [1.54, 1.807) is 103 Å². The monoisotopic (exact) mass is 800 g/mol. The molecule has 11 aliphatic rings. The Balaban J connectivity index is 0.756. The third-order valence-corrected chi connectivity index (χ3v) is 23.4. The van der Waals surface area contributed by atoms with Crippen LogP contribution in [-0.2, 0) is 4.74 Å². The maximum atomic E-state index is 7.61. The molecule has 0 spiro atoms. The smallest absolute Gasteiger partial charge is 0.0652 e. The Kier molecular flexibility index (Phi) is 12.8. The molecule has 3 heteroatoms. The molecule has 2 heterocycles. The van der Waals surface area contributed by atoms with Crippen LogP contribution in [0.3, 0.4) is 0 Å². The topological polar surface area (TPSA) is 12.5 Å². The third-order valence-electron chi connectivity index (χ3n) is 21.5. The van der Waals surface area contributed by atoms with Crippen molar-refractivity contribution in [1.82, 2.24) is 4.90 Å². The van der Waals surface area contributed by atoms with Crippen molar-refractivity contribution in [2.75, 3.05) is 0 Å². The van der Waals surface area contributed by atoms with Gasteiger partial charge in [-0.25, -0.2) is 0 Å². The zero-order valence-corrected chi connectivity index (χ0v) is 37.8. The molecule has 0 amide bonds. The number of fused-ring (bicyclic) bond motifs is 7. The average molecular weight is 800 g/mol. The van der Waals surface area contributed by atoms with Gasteiger partial charge in [0.25, 0.3) is 0 Å². The lowest BCUT2D eigenvalue weighted by atomic mass is 9.61. The lowest BCUT2D eigenvalue weighted by Crippen LogP contribution is -2.53. The van der Waals surface area contributed by atoms with Gasteiger partial charge in [-0.15, -0.1) is 0 Å². The number of rotatable bonds is 7. The van der Waals surface area contributed by atoms with Crippen LogP contribution < -0.4 is 0 Å². The molecule has 11 unspecified atom stereocenters. The normalized spacial score (nSPS) is 50.2. The quantitative estimate of drug-likeness (QED) is 0.255. The number of hydrogen-bond acceptors (Lipinski definition) is 3. The van der Waals surface area contributed by atoms with E-state index in [4.69, 9.17) is 4.74 Å². The van der Waals surface area contributed by atoms with Crippen molar-refractivity contribution in [3.63, 3.8) is 0 Å². The molecule has 0 aromatic carbocycles. The Morgan fingerprint density at radius 3 is 1.35 bits per heavy atom. The summed E-state index contributed by atoms with van der Waals surface area (Å²) in [4.78, 5) is 3.37. The molecule has 0 aromatic heterocycles. The van der Waals surface area contributed by atoms with Gasteiger partial charge >= 0.3 is 0 Å². The van der Waals surface area contributed by atoms with Crippen molar-refractivity contribution in [2.45, 2.75) is 266 Å². The van der Waals surface area contributed by atoms with Crippen LogP contribution in [0.4, 0.5) is 0 Å². The van der Waals surface area contributed by atoms with Gasteiger partial charge in [0.1, 0.15) is 0 Å². The van der Waals surface area contributed by atoms with Gasteiger partial charge in [-0.2, -0.15) is 11.8 Å². The standard InChI is InChI=1S/C54H89NOS/c1-3-12-36(13-4-1)37-22-28-41(29-23-37)55(42-30-24-39(25-31-42)45-17-8-7-16-44(45)38-14-5-2-6-15-38)43-32-26-40(27-33-43)46-19-11-20-47-48-34-35-51-52(54(48)56-53(46)47)49-18-9-10-21-50(49)57-51/h36-54H,1-35H2. The average Bonchev–Trinajstić information content (AvgIpc) is 3.87. The first-order valence-electron chi connectivity index (χ1n) is 27.3. The van der Waals surface area contributed by atoms with Gasteiger partial charge in [0.05, 0.1) is 12.2 Å². The molecule has 0 N–H and O–H groups in total. The van der Waals surface area contributed by atoms with Gasteiger partial charge < -0.3 is 4.74 Å². The minimum Gasteiger partial charge on any atom is -0.374 e. The molecule has 9 saturated carbocycles. The largest absolute Gasteiger partial charge is 0.374 e. The van der Waals surface area contributed by atoms with Gasteiger partial charge in [-0.1, -0.05) is 96.3 Å². The van der Waals surface area contributed by atoms with Crippen molar-refractivity contribution >= 4 is 11.8 Å². The van der Waals surface area contributed by atoms with E-state index in [-0.39, 0.29) is 0 Å². The summed E-state index contributed by atoms with van der Waals surface area (Å²) in [5.41, 5.74) is 0. The highest BCUT2D eigenvalue weighted by Crippen LogP contribution is 2.62. The van der Waals surface area contributed by atoms with Crippen LogP contribution in [0.5, 0.6) is 0 Å². The summed E-state index contributed by atoms with van der Waals surface area (Å²) in [6.45, 7) is 0. The number of ether oxygens (including phenoxy) is 1. The molecule has 11 atom stereocenters. The molecule has 322 valence electrons. The highest BCUT2D eigenvalue weighted by Gasteiger charge is 2.60. The van der Waals surface area contributed by atoms with Gasteiger partial charge in [-0.3, -0.25) is 4.90 Å². The first-order valence-corrected chi connectivity index (χ1v) is 28.3. The van der Waals surface area contributed by atoms with Gasteiger partial charge in [0.2, 0.25) is 0 Å². The van der Waals surface area contributed by atoms with Crippen molar-refractivity contribution in [2.24, 2.45) is 71.0 Å². The zero-order chi connectivity index (χ0) is 37.7. The number of hydrogen-bond donors (Lipinski definition) is 0. The van der Waals surface area contributed by atoms with Crippen LogP contribution in [0.1, 0.15) is 225 Å². The molecular formula is C54H89NOS. The molecule has 2 nitrogen and oxygen atoms in total. The van der Waals surface area contributed by atoms with Crippen molar-refractivity contribution in [1.29, 1.82) is 0 Å². The summed E-state index contributed by atoms with van der Waals surface area (Å²) < 4.78 is 7.61. The van der Waals surface area contributed by atoms with Crippen LogP contribution in [-0.4, -0.2) is 45.7 Å². The summed E-state index contributed by atoms with van der Waals surface area (Å²) in [5, 5.41) is 1.92. The molecule has 9 aliphatic carbocycles. The zero-order valence-electron chi connectivity index (χ0n) is 37.0. The van der Waals surface area contributed by atoms with Crippen molar-refractivity contribution in [3.8, 4) is 0 Å². The SMILES string of the molecule is C1CCC(C2CCC(N(C3CCC(C4CCCCC4C4CCCCC4)CC3)C3CCC(C4CCCC5C6CCC7SC8CCCCC8C7C6OC45)CC3)CC2)CC1. The second kappa shape index (κ2) is 18.2. The Morgan fingerprint density at radius 1 is 0.281 bits per heavy atom. The van der Waals surface area contributed by atoms with Gasteiger partial charge in [0, 0.05) is 34.5 Å². The lowest BCUT2D eigenvalue weighted by molar-refractivity contribution is -0.0778. The van der Waals surface area contributed by atoms with Crippen LogP contribution in [0.15, 0.2) is 0 Å². The summed E-state index contributed by atoms with van der Waals surface area (Å²) in [5.74, 6) is 12.0. The van der Waals surface area contributed by atoms with Crippen LogP contribution in [0.25, 0.3) is 0 Å². The maximum absolute atomic E-state index is 7.61.